The average Bonchev–Trinajstić information content (AvgIpc) is 3.13. The molecule has 2 aromatic heterocycles. The van der Waals surface area contributed by atoms with Gasteiger partial charge in [-0.3, -0.25) is 4.79 Å². The Morgan fingerprint density at radius 1 is 1.26 bits per heavy atom. The minimum Gasteiger partial charge on any atom is -0.396 e. The molecule has 3 N–H and O–H groups in total. The molecular formula is C20H21FN4O2. The van der Waals surface area contributed by atoms with Gasteiger partial charge in [-0.15, -0.1) is 0 Å². The lowest BCUT2D eigenvalue weighted by Crippen LogP contribution is -2.27. The van der Waals surface area contributed by atoms with E-state index in [1.165, 1.54) is 24.5 Å². The molecule has 4 rings (SSSR count). The minimum absolute atomic E-state index is 0.231. The van der Waals surface area contributed by atoms with Crippen LogP contribution in [-0.2, 0) is 0 Å². The molecule has 1 aliphatic carbocycles. The number of ketones is 1. The summed E-state index contributed by atoms with van der Waals surface area (Å²) in [5.41, 5.74) is 1.27. The smallest absolute Gasteiger partial charge is 0.195 e. The van der Waals surface area contributed by atoms with Crippen molar-refractivity contribution in [2.24, 2.45) is 5.92 Å². The molecule has 0 bridgehead atoms. The van der Waals surface area contributed by atoms with Crippen molar-refractivity contribution in [3.8, 4) is 0 Å². The first-order chi connectivity index (χ1) is 13.2. The minimum atomic E-state index is -0.448. The van der Waals surface area contributed by atoms with Crippen molar-refractivity contribution in [1.29, 1.82) is 0 Å². The van der Waals surface area contributed by atoms with E-state index in [1.54, 1.807) is 12.3 Å². The van der Waals surface area contributed by atoms with Crippen molar-refractivity contribution in [3.05, 3.63) is 53.7 Å². The molecule has 0 atom stereocenters. The van der Waals surface area contributed by atoms with E-state index in [0.717, 1.165) is 25.7 Å². The summed E-state index contributed by atoms with van der Waals surface area (Å²) in [5, 5.41) is 13.4. The highest BCUT2D eigenvalue weighted by Crippen LogP contribution is 2.30. The number of carbonyl (C=O) groups is 1. The highest BCUT2D eigenvalue weighted by molar-refractivity contribution is 6.17. The second-order valence-corrected chi connectivity index (χ2v) is 7.03. The average molecular weight is 368 g/mol. The Balaban J connectivity index is 1.65. The van der Waals surface area contributed by atoms with E-state index in [4.69, 9.17) is 0 Å². The normalized spacial score (nSPS) is 19.9. The first-order valence-electron chi connectivity index (χ1n) is 9.15. The van der Waals surface area contributed by atoms with Crippen LogP contribution in [0.4, 0.5) is 10.2 Å². The van der Waals surface area contributed by atoms with Crippen LogP contribution in [0.3, 0.4) is 0 Å². The van der Waals surface area contributed by atoms with E-state index in [-0.39, 0.29) is 24.0 Å². The van der Waals surface area contributed by atoms with Gasteiger partial charge in [0.2, 0.25) is 0 Å². The van der Waals surface area contributed by atoms with Crippen LogP contribution in [-0.4, -0.2) is 38.5 Å². The SMILES string of the molecule is O=C(c1cccc(F)c1)c1c[nH]c2ncnc(NC3CCC(CO)CC3)c12. The second-order valence-electron chi connectivity index (χ2n) is 7.03. The summed E-state index contributed by atoms with van der Waals surface area (Å²) in [7, 11) is 0. The van der Waals surface area contributed by atoms with Gasteiger partial charge in [0.25, 0.3) is 0 Å². The number of fused-ring (bicyclic) bond motifs is 1. The highest BCUT2D eigenvalue weighted by Gasteiger charge is 2.23. The maximum Gasteiger partial charge on any atom is 0.195 e. The van der Waals surface area contributed by atoms with E-state index in [0.29, 0.717) is 28.3 Å². The summed E-state index contributed by atoms with van der Waals surface area (Å²) in [4.78, 5) is 24.5. The van der Waals surface area contributed by atoms with Gasteiger partial charge < -0.3 is 15.4 Å². The van der Waals surface area contributed by atoms with E-state index in [2.05, 4.69) is 20.3 Å². The van der Waals surface area contributed by atoms with Gasteiger partial charge in [-0.25, -0.2) is 14.4 Å². The van der Waals surface area contributed by atoms with E-state index >= 15 is 0 Å². The number of aliphatic hydroxyl groups excluding tert-OH is 1. The third-order valence-electron chi connectivity index (χ3n) is 5.25. The lowest BCUT2D eigenvalue weighted by atomic mass is 9.86. The highest BCUT2D eigenvalue weighted by atomic mass is 19.1. The molecule has 6 nitrogen and oxygen atoms in total. The van der Waals surface area contributed by atoms with E-state index in [1.807, 2.05) is 0 Å². The van der Waals surface area contributed by atoms with Gasteiger partial charge in [0.05, 0.1) is 10.9 Å². The van der Waals surface area contributed by atoms with Crippen LogP contribution >= 0.6 is 0 Å². The Morgan fingerprint density at radius 2 is 2.07 bits per heavy atom. The Morgan fingerprint density at radius 3 is 2.81 bits per heavy atom. The molecule has 2 heterocycles. The van der Waals surface area contributed by atoms with Gasteiger partial charge in [0.15, 0.2) is 5.78 Å². The number of aromatic nitrogens is 3. The second kappa shape index (κ2) is 7.44. The number of carbonyl (C=O) groups excluding carboxylic acids is 1. The Kier molecular flexibility index (Phi) is 4.85. The maximum atomic E-state index is 13.5. The quantitative estimate of drug-likeness (QED) is 0.601. The van der Waals surface area contributed by atoms with E-state index < -0.39 is 5.82 Å². The summed E-state index contributed by atoms with van der Waals surface area (Å²) < 4.78 is 13.5. The van der Waals surface area contributed by atoms with Crippen molar-refractivity contribution in [2.45, 2.75) is 31.7 Å². The number of H-pyrrole nitrogens is 1. The maximum absolute atomic E-state index is 13.5. The Hall–Kier alpha value is -2.80. The van der Waals surface area contributed by atoms with Gasteiger partial charge in [0, 0.05) is 24.4 Å². The number of aromatic amines is 1. The zero-order valence-corrected chi connectivity index (χ0v) is 14.8. The summed E-state index contributed by atoms with van der Waals surface area (Å²) in [6.07, 6.45) is 6.86. The number of anilines is 1. The van der Waals surface area contributed by atoms with Gasteiger partial charge in [-0.05, 0) is 43.7 Å². The van der Waals surface area contributed by atoms with Crippen LogP contribution in [0.25, 0.3) is 11.0 Å². The molecule has 0 amide bonds. The van der Waals surface area contributed by atoms with Crippen molar-refractivity contribution < 1.29 is 14.3 Å². The Bertz CT molecular complexity index is 964. The molecule has 1 aromatic carbocycles. The molecule has 1 saturated carbocycles. The van der Waals surface area contributed by atoms with Crippen LogP contribution in [0.5, 0.6) is 0 Å². The summed E-state index contributed by atoms with van der Waals surface area (Å²) >= 11 is 0. The fourth-order valence-corrected chi connectivity index (χ4v) is 3.72. The number of hydrogen-bond donors (Lipinski definition) is 3. The largest absolute Gasteiger partial charge is 0.396 e. The van der Waals surface area contributed by atoms with Crippen LogP contribution in [0.15, 0.2) is 36.8 Å². The molecule has 0 aliphatic heterocycles. The topological polar surface area (TPSA) is 90.9 Å². The summed E-state index contributed by atoms with van der Waals surface area (Å²) in [5.74, 6) is 0.248. The number of nitrogens with one attached hydrogen (secondary N) is 2. The van der Waals surface area contributed by atoms with Crippen molar-refractivity contribution >= 4 is 22.6 Å². The van der Waals surface area contributed by atoms with Crippen LogP contribution in [0.2, 0.25) is 0 Å². The van der Waals surface area contributed by atoms with Crippen LogP contribution in [0.1, 0.15) is 41.6 Å². The standard InChI is InChI=1S/C20H21FN4O2/c21-14-3-1-2-13(8-14)18(27)16-9-22-19-17(16)20(24-11-23-19)25-15-6-4-12(10-26)5-7-15/h1-3,8-9,11-12,15,26H,4-7,10H2,(H2,22,23,24,25). The zero-order valence-electron chi connectivity index (χ0n) is 14.8. The summed E-state index contributed by atoms with van der Waals surface area (Å²) in [6.45, 7) is 0.231. The molecule has 27 heavy (non-hydrogen) atoms. The molecule has 1 aliphatic rings. The molecule has 0 radical (unpaired) electrons. The first kappa shape index (κ1) is 17.6. The van der Waals surface area contributed by atoms with Gasteiger partial charge in [-0.2, -0.15) is 0 Å². The zero-order chi connectivity index (χ0) is 18.8. The molecule has 1 fully saturated rings. The van der Waals surface area contributed by atoms with Crippen LogP contribution in [0, 0.1) is 11.7 Å². The third-order valence-corrected chi connectivity index (χ3v) is 5.25. The number of halogens is 1. The predicted molar refractivity (Wildman–Crippen MR) is 100 cm³/mol. The molecular weight excluding hydrogens is 347 g/mol. The fraction of sp³-hybridized carbons (Fsp3) is 0.350. The van der Waals surface area contributed by atoms with Crippen LogP contribution < -0.4 is 5.32 Å². The molecule has 0 saturated heterocycles. The number of aliphatic hydroxyl groups is 1. The fourth-order valence-electron chi connectivity index (χ4n) is 3.72. The lowest BCUT2D eigenvalue weighted by Gasteiger charge is -2.28. The van der Waals surface area contributed by atoms with Crippen molar-refractivity contribution in [1.82, 2.24) is 15.0 Å². The molecule has 140 valence electrons. The molecule has 3 aromatic rings. The molecule has 7 heteroatoms. The molecule has 0 unspecified atom stereocenters. The summed E-state index contributed by atoms with van der Waals surface area (Å²) in [6, 6.07) is 5.89. The van der Waals surface area contributed by atoms with Gasteiger partial charge in [-0.1, -0.05) is 12.1 Å². The number of rotatable bonds is 5. The lowest BCUT2D eigenvalue weighted by molar-refractivity contribution is 0.104. The first-order valence-corrected chi connectivity index (χ1v) is 9.15. The monoisotopic (exact) mass is 368 g/mol. The number of benzene rings is 1. The van der Waals surface area contributed by atoms with Crippen molar-refractivity contribution in [3.63, 3.8) is 0 Å². The number of hydrogen-bond acceptors (Lipinski definition) is 5. The van der Waals surface area contributed by atoms with Crippen molar-refractivity contribution in [2.75, 3.05) is 11.9 Å². The van der Waals surface area contributed by atoms with E-state index in [9.17, 15) is 14.3 Å². The molecule has 0 spiro atoms. The number of nitrogens with zero attached hydrogens (tertiary/aromatic N) is 2. The third kappa shape index (κ3) is 3.55. The van der Waals surface area contributed by atoms with Gasteiger partial charge in [0.1, 0.15) is 23.6 Å². The van der Waals surface area contributed by atoms with Gasteiger partial charge >= 0.3 is 0 Å². The predicted octanol–water partition coefficient (Wildman–Crippen LogP) is 3.29. The Labute approximate surface area is 155 Å².